The highest BCUT2D eigenvalue weighted by molar-refractivity contribution is 9.10. The van der Waals surface area contributed by atoms with Gasteiger partial charge >= 0.3 is 5.36 Å². The molecule has 0 amide bonds. The second-order valence-electron chi connectivity index (χ2n) is 2.19. The number of methoxy groups -OCH3 is 1. The number of hydrazone groups is 1. The molecule has 0 aromatic heterocycles. The van der Waals surface area contributed by atoms with Gasteiger partial charge in [-0.15, -0.1) is 5.10 Å². The van der Waals surface area contributed by atoms with Crippen LogP contribution in [-0.4, -0.2) is 12.5 Å². The molecule has 1 aromatic carbocycles. The first-order chi connectivity index (χ1) is 6.22. The summed E-state index contributed by atoms with van der Waals surface area (Å²) < 4.78 is 5.65. The van der Waals surface area contributed by atoms with Gasteiger partial charge in [-0.1, -0.05) is 15.9 Å². The fourth-order valence-electron chi connectivity index (χ4n) is 0.679. The molecule has 0 aliphatic heterocycles. The predicted molar refractivity (Wildman–Crippen MR) is 58.1 cm³/mol. The minimum Gasteiger partial charge on any atom is -0.471 e. The Labute approximate surface area is 89.9 Å². The summed E-state index contributed by atoms with van der Waals surface area (Å²) in [6, 6.07) is 7.54. The van der Waals surface area contributed by atoms with Gasteiger partial charge in [0.2, 0.25) is 0 Å². The number of anilines is 1. The van der Waals surface area contributed by atoms with Crippen LogP contribution in [0.2, 0.25) is 0 Å². The molecule has 1 rings (SSSR count). The van der Waals surface area contributed by atoms with Gasteiger partial charge in [0.1, 0.15) is 0 Å². The van der Waals surface area contributed by atoms with Crippen LogP contribution < -0.4 is 5.43 Å². The van der Waals surface area contributed by atoms with E-state index < -0.39 is 0 Å². The number of benzene rings is 1. The Hall–Kier alpha value is -0.740. The summed E-state index contributed by atoms with van der Waals surface area (Å²) in [5, 5.41) is 3.81. The van der Waals surface area contributed by atoms with Crippen LogP contribution in [0.4, 0.5) is 5.69 Å². The van der Waals surface area contributed by atoms with E-state index in [4.69, 9.17) is 11.6 Å². The third kappa shape index (κ3) is 3.65. The summed E-state index contributed by atoms with van der Waals surface area (Å²) in [6.45, 7) is 0. The maximum Gasteiger partial charge on any atom is 0.303 e. The van der Waals surface area contributed by atoms with Gasteiger partial charge in [-0.3, -0.25) is 5.43 Å². The van der Waals surface area contributed by atoms with Crippen LogP contribution in [0.5, 0.6) is 0 Å². The molecule has 5 heteroatoms. The van der Waals surface area contributed by atoms with E-state index in [9.17, 15) is 0 Å². The maximum absolute atomic E-state index is 5.50. The number of rotatable bonds is 2. The zero-order valence-electron chi connectivity index (χ0n) is 6.92. The number of ether oxygens (including phenoxy) is 1. The van der Waals surface area contributed by atoms with Crippen molar-refractivity contribution in [3.05, 3.63) is 28.7 Å². The second kappa shape index (κ2) is 5.09. The van der Waals surface area contributed by atoms with E-state index in [1.807, 2.05) is 24.3 Å². The molecule has 0 heterocycles. The molecule has 0 spiro atoms. The van der Waals surface area contributed by atoms with Crippen molar-refractivity contribution >= 4 is 38.6 Å². The van der Waals surface area contributed by atoms with E-state index in [0.717, 1.165) is 10.2 Å². The fourth-order valence-corrected chi connectivity index (χ4v) is 0.985. The van der Waals surface area contributed by atoms with Crippen LogP contribution in [0.15, 0.2) is 33.8 Å². The monoisotopic (exact) mass is 262 g/mol. The lowest BCUT2D eigenvalue weighted by molar-refractivity contribution is 0.414. The van der Waals surface area contributed by atoms with Gasteiger partial charge in [-0.25, -0.2) is 0 Å². The van der Waals surface area contributed by atoms with Crippen molar-refractivity contribution in [2.24, 2.45) is 5.10 Å². The molecule has 3 nitrogen and oxygen atoms in total. The molecule has 1 aromatic rings. The number of hydrogen-bond donors (Lipinski definition) is 1. The molecule has 0 atom stereocenters. The Morgan fingerprint density at radius 2 is 2.08 bits per heavy atom. The number of nitrogens with one attached hydrogen (secondary N) is 1. The van der Waals surface area contributed by atoms with E-state index in [1.165, 1.54) is 7.11 Å². The third-order valence-corrected chi connectivity index (χ3v) is 2.05. The van der Waals surface area contributed by atoms with Crippen LogP contribution in [0, 0.1) is 0 Å². The Kier molecular flexibility index (Phi) is 4.05. The Balaban J connectivity index is 2.60. The molecule has 0 bridgehead atoms. The van der Waals surface area contributed by atoms with E-state index in [1.54, 1.807) is 0 Å². The summed E-state index contributed by atoms with van der Waals surface area (Å²) in [5.74, 6) is 0. The molecule has 0 saturated heterocycles. The van der Waals surface area contributed by atoms with Gasteiger partial charge in [-0.2, -0.15) is 0 Å². The predicted octanol–water partition coefficient (Wildman–Crippen LogP) is 3.02. The largest absolute Gasteiger partial charge is 0.471 e. The molecule has 0 unspecified atom stereocenters. The lowest BCUT2D eigenvalue weighted by Crippen LogP contribution is -1.96. The number of nitrogens with zero attached hydrogens (tertiary/aromatic N) is 1. The summed E-state index contributed by atoms with van der Waals surface area (Å²) in [4.78, 5) is 0. The maximum atomic E-state index is 5.50. The van der Waals surface area contributed by atoms with Crippen molar-refractivity contribution in [3.63, 3.8) is 0 Å². The van der Waals surface area contributed by atoms with Gasteiger partial charge in [0, 0.05) is 4.47 Å². The summed E-state index contributed by atoms with van der Waals surface area (Å²) in [5.41, 5.74) is 3.58. The third-order valence-electron chi connectivity index (χ3n) is 1.29. The average Bonchev–Trinajstić information content (AvgIpc) is 2.16. The lowest BCUT2D eigenvalue weighted by atomic mass is 10.3. The van der Waals surface area contributed by atoms with Crippen molar-refractivity contribution in [3.8, 4) is 0 Å². The summed E-state index contributed by atoms with van der Waals surface area (Å²) >= 11 is 8.83. The molecule has 0 radical (unpaired) electrons. The van der Waals surface area contributed by atoms with Crippen molar-refractivity contribution in [1.82, 2.24) is 0 Å². The highest BCUT2D eigenvalue weighted by Gasteiger charge is 1.91. The van der Waals surface area contributed by atoms with Gasteiger partial charge in [-0.05, 0) is 35.9 Å². The topological polar surface area (TPSA) is 33.6 Å². The average molecular weight is 264 g/mol. The van der Waals surface area contributed by atoms with Gasteiger partial charge in [0.15, 0.2) is 0 Å². The fraction of sp³-hybridized carbons (Fsp3) is 0.125. The van der Waals surface area contributed by atoms with Crippen LogP contribution in [0.25, 0.3) is 0 Å². The molecular weight excluding hydrogens is 255 g/mol. The Morgan fingerprint density at radius 3 is 2.62 bits per heavy atom. The van der Waals surface area contributed by atoms with Crippen LogP contribution >= 0.6 is 27.5 Å². The minimum atomic E-state index is 0.0721. The van der Waals surface area contributed by atoms with E-state index in [-0.39, 0.29) is 5.36 Å². The van der Waals surface area contributed by atoms with Crippen molar-refractivity contribution in [2.45, 2.75) is 0 Å². The standard InChI is InChI=1S/C8H8BrClN2O/c1-13-8(10)12-11-7-4-2-6(9)3-5-7/h2-5,11H,1H3. The first-order valence-corrected chi connectivity index (χ1v) is 4.68. The quantitative estimate of drug-likeness (QED) is 0.505. The van der Waals surface area contributed by atoms with Crippen LogP contribution in [0.3, 0.4) is 0 Å². The zero-order chi connectivity index (χ0) is 9.68. The highest BCUT2D eigenvalue weighted by atomic mass is 79.9. The molecule has 0 saturated carbocycles. The Morgan fingerprint density at radius 1 is 1.46 bits per heavy atom. The highest BCUT2D eigenvalue weighted by Crippen LogP contribution is 2.13. The normalized spacial score (nSPS) is 11.2. The lowest BCUT2D eigenvalue weighted by Gasteiger charge is -2.00. The van der Waals surface area contributed by atoms with Crippen molar-refractivity contribution < 1.29 is 4.74 Å². The van der Waals surface area contributed by atoms with E-state index in [2.05, 4.69) is 31.2 Å². The van der Waals surface area contributed by atoms with Crippen molar-refractivity contribution in [1.29, 1.82) is 0 Å². The van der Waals surface area contributed by atoms with Crippen molar-refractivity contribution in [2.75, 3.05) is 12.5 Å². The molecule has 1 N–H and O–H groups in total. The summed E-state index contributed by atoms with van der Waals surface area (Å²) in [7, 11) is 1.45. The van der Waals surface area contributed by atoms with E-state index in [0.29, 0.717) is 0 Å². The first-order valence-electron chi connectivity index (χ1n) is 3.51. The molecule has 0 aliphatic carbocycles. The first kappa shape index (κ1) is 10.3. The number of hydrogen-bond acceptors (Lipinski definition) is 3. The smallest absolute Gasteiger partial charge is 0.303 e. The summed E-state index contributed by atoms with van der Waals surface area (Å²) in [6.07, 6.45) is 0. The van der Waals surface area contributed by atoms with E-state index >= 15 is 0 Å². The number of halogens is 2. The van der Waals surface area contributed by atoms with Crippen LogP contribution in [0.1, 0.15) is 0 Å². The van der Waals surface area contributed by atoms with Gasteiger partial charge in [0.25, 0.3) is 0 Å². The van der Waals surface area contributed by atoms with Gasteiger partial charge < -0.3 is 4.74 Å². The molecular formula is C8H8BrClN2O. The molecule has 70 valence electrons. The Bertz CT molecular complexity index is 300. The second-order valence-corrected chi connectivity index (χ2v) is 3.43. The molecule has 13 heavy (non-hydrogen) atoms. The minimum absolute atomic E-state index is 0.0721. The SMILES string of the molecule is COC(Cl)=NNc1ccc(Br)cc1. The molecule has 0 aliphatic rings. The molecule has 0 fully saturated rings. The zero-order valence-corrected chi connectivity index (χ0v) is 9.26. The van der Waals surface area contributed by atoms with Gasteiger partial charge in [0.05, 0.1) is 12.8 Å². The van der Waals surface area contributed by atoms with Crippen LogP contribution in [-0.2, 0) is 4.74 Å².